The normalized spacial score (nSPS) is 10.8. The molecule has 1 rings (SSSR count). The third kappa shape index (κ3) is 3.09. The third-order valence-corrected chi connectivity index (χ3v) is 1.80. The van der Waals surface area contributed by atoms with Gasteiger partial charge in [0, 0.05) is 11.9 Å². The Morgan fingerprint density at radius 1 is 1.50 bits per heavy atom. The van der Waals surface area contributed by atoms with Crippen molar-refractivity contribution in [2.45, 2.75) is 13.3 Å². The summed E-state index contributed by atoms with van der Waals surface area (Å²) in [4.78, 5) is 4.19. The lowest BCUT2D eigenvalue weighted by molar-refractivity contribution is 1.19. The number of nitrogens with zero attached hydrogens (tertiary/aromatic N) is 1. The summed E-state index contributed by atoms with van der Waals surface area (Å²) in [7, 11) is 0. The maximum absolute atomic E-state index is 4.19. The van der Waals surface area contributed by atoms with Gasteiger partial charge in [-0.1, -0.05) is 18.2 Å². The molecule has 1 nitrogen and oxygen atoms in total. The van der Waals surface area contributed by atoms with Crippen LogP contribution in [0.25, 0.3) is 6.08 Å². The second-order valence-electron chi connectivity index (χ2n) is 2.65. The van der Waals surface area contributed by atoms with Crippen molar-refractivity contribution in [2.75, 3.05) is 5.75 Å². The molecule has 0 saturated carbocycles. The van der Waals surface area contributed by atoms with E-state index in [2.05, 4.69) is 35.8 Å². The van der Waals surface area contributed by atoms with Crippen molar-refractivity contribution < 1.29 is 0 Å². The molecule has 0 spiro atoms. The van der Waals surface area contributed by atoms with Crippen LogP contribution in [0, 0.1) is 6.92 Å². The SMILES string of the molecule is Cc1ccc(C=CCCS)cn1. The largest absolute Gasteiger partial charge is 0.261 e. The minimum absolute atomic E-state index is 0.899. The van der Waals surface area contributed by atoms with Gasteiger partial charge >= 0.3 is 0 Å². The Bertz CT molecular complexity index is 251. The van der Waals surface area contributed by atoms with Crippen LogP contribution in [-0.2, 0) is 0 Å². The van der Waals surface area contributed by atoms with Gasteiger partial charge in [-0.3, -0.25) is 4.98 Å². The van der Waals surface area contributed by atoms with Gasteiger partial charge in [-0.25, -0.2) is 0 Å². The summed E-state index contributed by atoms with van der Waals surface area (Å²) in [5, 5.41) is 0. The zero-order valence-corrected chi connectivity index (χ0v) is 8.09. The first-order valence-electron chi connectivity index (χ1n) is 4.03. The van der Waals surface area contributed by atoms with Gasteiger partial charge in [-0.05, 0) is 30.7 Å². The van der Waals surface area contributed by atoms with E-state index in [0.29, 0.717) is 0 Å². The molecule has 0 unspecified atom stereocenters. The predicted molar refractivity (Wildman–Crippen MR) is 56.5 cm³/mol. The molecule has 0 amide bonds. The minimum atomic E-state index is 0.899. The lowest BCUT2D eigenvalue weighted by atomic mass is 10.2. The first-order valence-corrected chi connectivity index (χ1v) is 4.66. The Morgan fingerprint density at radius 2 is 2.33 bits per heavy atom. The number of hydrogen-bond donors (Lipinski definition) is 1. The van der Waals surface area contributed by atoms with Crippen LogP contribution in [-0.4, -0.2) is 10.7 Å². The van der Waals surface area contributed by atoms with Gasteiger partial charge in [0.05, 0.1) is 0 Å². The van der Waals surface area contributed by atoms with E-state index >= 15 is 0 Å². The molecule has 0 radical (unpaired) electrons. The molecule has 0 aliphatic carbocycles. The maximum atomic E-state index is 4.19. The summed E-state index contributed by atoms with van der Waals surface area (Å²) in [5.74, 6) is 0.899. The van der Waals surface area contributed by atoms with Crippen LogP contribution in [0.5, 0.6) is 0 Å². The van der Waals surface area contributed by atoms with Gasteiger partial charge in [-0.2, -0.15) is 12.6 Å². The van der Waals surface area contributed by atoms with Crippen LogP contribution in [0.2, 0.25) is 0 Å². The Balaban J connectivity index is 2.58. The van der Waals surface area contributed by atoms with E-state index in [-0.39, 0.29) is 0 Å². The van der Waals surface area contributed by atoms with Crippen molar-refractivity contribution >= 4 is 18.7 Å². The number of thiol groups is 1. The number of pyridine rings is 1. The van der Waals surface area contributed by atoms with Crippen LogP contribution < -0.4 is 0 Å². The standard InChI is InChI=1S/C10H13NS/c1-9-5-6-10(8-11-9)4-2-3-7-12/h2,4-6,8,12H,3,7H2,1H3. The zero-order chi connectivity index (χ0) is 8.81. The van der Waals surface area contributed by atoms with Gasteiger partial charge in [0.1, 0.15) is 0 Å². The molecule has 2 heteroatoms. The Labute approximate surface area is 78.9 Å². The van der Waals surface area contributed by atoms with E-state index in [4.69, 9.17) is 0 Å². The van der Waals surface area contributed by atoms with Crippen molar-refractivity contribution in [3.05, 3.63) is 35.7 Å². The van der Waals surface area contributed by atoms with Gasteiger partial charge in [0.2, 0.25) is 0 Å². The first kappa shape index (κ1) is 9.33. The quantitative estimate of drug-likeness (QED) is 0.704. The zero-order valence-electron chi connectivity index (χ0n) is 7.20. The van der Waals surface area contributed by atoms with Gasteiger partial charge in [-0.15, -0.1) is 0 Å². The monoisotopic (exact) mass is 179 g/mol. The van der Waals surface area contributed by atoms with Crippen LogP contribution in [0.4, 0.5) is 0 Å². The smallest absolute Gasteiger partial charge is 0.0373 e. The molecule has 64 valence electrons. The van der Waals surface area contributed by atoms with E-state index in [1.54, 1.807) is 0 Å². The topological polar surface area (TPSA) is 12.9 Å². The second kappa shape index (κ2) is 4.99. The molecule has 0 fully saturated rings. The molecule has 0 aromatic carbocycles. The Kier molecular flexibility index (Phi) is 3.88. The Morgan fingerprint density at radius 3 is 2.92 bits per heavy atom. The highest BCUT2D eigenvalue weighted by Crippen LogP contribution is 2.02. The third-order valence-electron chi connectivity index (χ3n) is 1.54. The number of rotatable bonds is 3. The fourth-order valence-electron chi connectivity index (χ4n) is 0.872. The summed E-state index contributed by atoms with van der Waals surface area (Å²) in [6.07, 6.45) is 7.07. The average Bonchev–Trinajstić information content (AvgIpc) is 2.09. The fraction of sp³-hybridized carbons (Fsp3) is 0.300. The molecule has 0 bridgehead atoms. The van der Waals surface area contributed by atoms with Crippen LogP contribution in [0.15, 0.2) is 24.4 Å². The van der Waals surface area contributed by atoms with Gasteiger partial charge in [0.15, 0.2) is 0 Å². The molecule has 12 heavy (non-hydrogen) atoms. The van der Waals surface area contributed by atoms with E-state index in [1.807, 2.05) is 19.2 Å². The van der Waals surface area contributed by atoms with E-state index in [9.17, 15) is 0 Å². The van der Waals surface area contributed by atoms with Crippen LogP contribution in [0.1, 0.15) is 17.7 Å². The van der Waals surface area contributed by atoms with Crippen LogP contribution >= 0.6 is 12.6 Å². The second-order valence-corrected chi connectivity index (χ2v) is 3.09. The molecule has 0 aliphatic rings. The molecular formula is C10H13NS. The summed E-state index contributed by atoms with van der Waals surface area (Å²) >= 11 is 4.12. The highest BCUT2D eigenvalue weighted by molar-refractivity contribution is 7.80. The molecule has 1 aromatic rings. The van der Waals surface area contributed by atoms with E-state index < -0.39 is 0 Å². The van der Waals surface area contributed by atoms with E-state index in [1.165, 1.54) is 0 Å². The lowest BCUT2D eigenvalue weighted by Gasteiger charge is -1.93. The van der Waals surface area contributed by atoms with Crippen molar-refractivity contribution in [2.24, 2.45) is 0 Å². The number of allylic oxidation sites excluding steroid dienone is 1. The summed E-state index contributed by atoms with van der Waals surface area (Å²) in [6.45, 7) is 1.99. The first-order chi connectivity index (χ1) is 5.83. The van der Waals surface area contributed by atoms with Gasteiger partial charge < -0.3 is 0 Å². The minimum Gasteiger partial charge on any atom is -0.261 e. The molecule has 1 heterocycles. The molecule has 1 aromatic heterocycles. The molecule has 0 saturated heterocycles. The lowest BCUT2D eigenvalue weighted by Crippen LogP contribution is -1.79. The summed E-state index contributed by atoms with van der Waals surface area (Å²) < 4.78 is 0. The Hall–Kier alpha value is -0.760. The van der Waals surface area contributed by atoms with E-state index in [0.717, 1.165) is 23.4 Å². The molecule has 0 aliphatic heterocycles. The molecule has 0 atom stereocenters. The molecular weight excluding hydrogens is 166 g/mol. The molecule has 0 N–H and O–H groups in total. The summed E-state index contributed by atoms with van der Waals surface area (Å²) in [5.41, 5.74) is 2.21. The fourth-order valence-corrected chi connectivity index (χ4v) is 1.02. The number of hydrogen-bond acceptors (Lipinski definition) is 2. The van der Waals surface area contributed by atoms with Crippen molar-refractivity contribution in [1.29, 1.82) is 0 Å². The van der Waals surface area contributed by atoms with Crippen LogP contribution in [0.3, 0.4) is 0 Å². The van der Waals surface area contributed by atoms with Gasteiger partial charge in [0.25, 0.3) is 0 Å². The van der Waals surface area contributed by atoms with Crippen molar-refractivity contribution in [1.82, 2.24) is 4.98 Å². The predicted octanol–water partition coefficient (Wildman–Crippen LogP) is 2.72. The number of aromatic nitrogens is 1. The summed E-state index contributed by atoms with van der Waals surface area (Å²) in [6, 6.07) is 4.08. The highest BCUT2D eigenvalue weighted by atomic mass is 32.1. The van der Waals surface area contributed by atoms with Crippen molar-refractivity contribution in [3.63, 3.8) is 0 Å². The highest BCUT2D eigenvalue weighted by Gasteiger charge is 1.86. The average molecular weight is 179 g/mol. The maximum Gasteiger partial charge on any atom is 0.0373 e. The number of aryl methyl sites for hydroxylation is 1. The van der Waals surface area contributed by atoms with Crippen molar-refractivity contribution in [3.8, 4) is 0 Å².